The van der Waals surface area contributed by atoms with Gasteiger partial charge in [0.2, 0.25) is 47.3 Å². The number of carboxylic acid groups (broad SMARTS) is 2. The second kappa shape index (κ2) is 26.9. The number of nitrogens with one attached hydrogen (secondary N) is 8. The fourth-order valence-corrected chi connectivity index (χ4v) is 7.70. The van der Waals surface area contributed by atoms with Crippen LogP contribution in [0.5, 0.6) is 5.75 Å². The Morgan fingerprint density at radius 2 is 1.17 bits per heavy atom. The molecule has 24 nitrogen and oxygen atoms in total. The highest BCUT2D eigenvalue weighted by Crippen LogP contribution is 2.19. The maximum atomic E-state index is 14.1. The third-order valence-electron chi connectivity index (χ3n) is 11.4. The first-order valence-corrected chi connectivity index (χ1v) is 22.8. The number of aromatic hydroxyl groups is 1. The van der Waals surface area contributed by atoms with Crippen LogP contribution in [0.1, 0.15) is 41.6 Å². The first-order chi connectivity index (χ1) is 34.5. The van der Waals surface area contributed by atoms with E-state index in [1.54, 1.807) is 60.7 Å². The van der Waals surface area contributed by atoms with Crippen molar-refractivity contribution in [3.05, 3.63) is 120 Å². The van der Waals surface area contributed by atoms with Crippen LogP contribution in [0.25, 0.3) is 0 Å². The van der Waals surface area contributed by atoms with Crippen LogP contribution < -0.4 is 43.0 Å². The zero-order valence-electron chi connectivity index (χ0n) is 38.9. The summed E-state index contributed by atoms with van der Waals surface area (Å²) < 4.78 is 0. The predicted octanol–water partition coefficient (Wildman–Crippen LogP) is -2.45. The minimum Gasteiger partial charge on any atom is -0.508 e. The van der Waals surface area contributed by atoms with E-state index in [2.05, 4.69) is 47.2 Å². The fourth-order valence-electron chi connectivity index (χ4n) is 7.70. The van der Waals surface area contributed by atoms with E-state index in [0.29, 0.717) is 28.8 Å². The molecule has 0 unspecified atom stereocenters. The highest BCUT2D eigenvalue weighted by molar-refractivity contribution is 5.98. The normalized spacial score (nSPS) is 15.0. The Kier molecular flexibility index (Phi) is 20.3. The third kappa shape index (κ3) is 17.1. The minimum atomic E-state index is -1.80. The van der Waals surface area contributed by atoms with Gasteiger partial charge in [-0.25, -0.2) is 9.78 Å². The zero-order valence-corrected chi connectivity index (χ0v) is 38.9. The van der Waals surface area contributed by atoms with Crippen LogP contribution in [-0.4, -0.2) is 152 Å². The number of aliphatic carboxylic acids is 2. The number of aromatic nitrogens is 2. The number of nitrogens with two attached hydrogens (primary N) is 1. The molecule has 5 rings (SSSR count). The topological polar surface area (TPSA) is 374 Å². The van der Waals surface area contributed by atoms with E-state index in [0.717, 1.165) is 0 Å². The van der Waals surface area contributed by atoms with Gasteiger partial charge in [-0.15, -0.1) is 0 Å². The van der Waals surface area contributed by atoms with E-state index in [-0.39, 0.29) is 50.9 Å². The van der Waals surface area contributed by atoms with Gasteiger partial charge in [-0.1, -0.05) is 72.8 Å². The Balaban J connectivity index is 1.27. The average molecular weight is 996 g/mol. The molecule has 1 saturated heterocycles. The lowest BCUT2D eigenvalue weighted by Crippen LogP contribution is -2.59. The number of H-pyrrole nitrogens is 1. The molecular weight excluding hydrogens is 939 g/mol. The molecule has 1 aliphatic rings. The van der Waals surface area contributed by atoms with Gasteiger partial charge >= 0.3 is 11.9 Å². The number of hydrogen-bond acceptors (Lipinski definition) is 13. The van der Waals surface area contributed by atoms with Crippen molar-refractivity contribution >= 4 is 59.2 Å². The molecule has 0 bridgehead atoms. The molecular formula is C48H57N11O13. The summed E-state index contributed by atoms with van der Waals surface area (Å²) in [5, 5.41) is 46.5. The number of hydrogen-bond donors (Lipinski definition) is 12. The van der Waals surface area contributed by atoms with Crippen molar-refractivity contribution in [2.24, 2.45) is 5.73 Å². The van der Waals surface area contributed by atoms with E-state index in [9.17, 15) is 63.3 Å². The second-order valence-electron chi connectivity index (χ2n) is 16.8. The molecule has 4 aromatic rings. The van der Waals surface area contributed by atoms with Crippen LogP contribution in [0, 0.1) is 0 Å². The van der Waals surface area contributed by atoms with Crippen molar-refractivity contribution in [3.63, 3.8) is 0 Å². The van der Waals surface area contributed by atoms with Crippen molar-refractivity contribution in [2.45, 2.75) is 81.2 Å². The minimum absolute atomic E-state index is 0.0432. The largest absolute Gasteiger partial charge is 0.508 e. The number of amides is 8. The van der Waals surface area contributed by atoms with Crippen LogP contribution >= 0.6 is 0 Å². The van der Waals surface area contributed by atoms with Crippen molar-refractivity contribution in [2.75, 3.05) is 26.2 Å². The van der Waals surface area contributed by atoms with Gasteiger partial charge in [0, 0.05) is 44.1 Å². The van der Waals surface area contributed by atoms with Crippen molar-refractivity contribution < 1.29 is 63.3 Å². The Morgan fingerprint density at radius 1 is 0.625 bits per heavy atom. The number of imidazole rings is 1. The molecule has 8 amide bonds. The van der Waals surface area contributed by atoms with Gasteiger partial charge < -0.3 is 68.2 Å². The summed E-state index contributed by atoms with van der Waals surface area (Å²) in [6.45, 7) is -1.38. The Hall–Kier alpha value is -8.67. The molecule has 0 saturated carbocycles. The number of aromatic amines is 1. The van der Waals surface area contributed by atoms with E-state index in [1.807, 2.05) is 0 Å². The van der Waals surface area contributed by atoms with Gasteiger partial charge in [-0.3, -0.25) is 43.2 Å². The Labute approximate surface area is 412 Å². The third-order valence-corrected chi connectivity index (χ3v) is 11.4. The van der Waals surface area contributed by atoms with Crippen molar-refractivity contribution in [1.82, 2.24) is 52.1 Å². The molecule has 382 valence electrons. The van der Waals surface area contributed by atoms with E-state index < -0.39 is 115 Å². The quantitative estimate of drug-likeness (QED) is 0.0311. The molecule has 24 heteroatoms. The van der Waals surface area contributed by atoms with Crippen LogP contribution in [-0.2, 0) is 73.6 Å². The van der Waals surface area contributed by atoms with Crippen LogP contribution in [0.15, 0.2) is 97.5 Å². The first kappa shape index (κ1) is 54.3. The number of rotatable bonds is 26. The van der Waals surface area contributed by atoms with E-state index in [4.69, 9.17) is 5.73 Å². The summed E-state index contributed by atoms with van der Waals surface area (Å²) in [5.41, 5.74) is 7.39. The monoisotopic (exact) mass is 995 g/mol. The molecule has 0 radical (unpaired) electrons. The van der Waals surface area contributed by atoms with Gasteiger partial charge in [0.25, 0.3) is 0 Å². The van der Waals surface area contributed by atoms with Gasteiger partial charge in [0.15, 0.2) is 0 Å². The summed E-state index contributed by atoms with van der Waals surface area (Å²) >= 11 is 0. The van der Waals surface area contributed by atoms with E-state index in [1.165, 1.54) is 41.7 Å². The highest BCUT2D eigenvalue weighted by Gasteiger charge is 2.38. The summed E-state index contributed by atoms with van der Waals surface area (Å²) in [5.74, 6) is -9.49. The number of phenolic OH excluding ortho intramolecular Hbond substituents is 1. The number of phenols is 1. The zero-order chi connectivity index (χ0) is 52.2. The molecule has 6 atom stereocenters. The average Bonchev–Trinajstić information content (AvgIpc) is 4.08. The maximum Gasteiger partial charge on any atom is 0.326 e. The SMILES string of the molecule is NCC(=O)NCC(=O)N[C@@H](Cc1cnc[nH]1)C(=O)N[C@@H](Cc1ccccc1)C(=O)NCC(=O)N1CCC[C@H]1C(=O)N[C@@H](Cc1ccccc1)C(=O)N[C@@H](CC(=O)O)C(=O)N[C@@H](Cc1ccc(O)cc1)C(=O)O. The van der Waals surface area contributed by atoms with Gasteiger partial charge in [-0.2, -0.15) is 0 Å². The van der Waals surface area contributed by atoms with Crippen molar-refractivity contribution in [3.8, 4) is 5.75 Å². The predicted molar refractivity (Wildman–Crippen MR) is 254 cm³/mol. The van der Waals surface area contributed by atoms with Gasteiger partial charge in [0.1, 0.15) is 42.0 Å². The summed E-state index contributed by atoms with van der Waals surface area (Å²) in [4.78, 5) is 140. The van der Waals surface area contributed by atoms with E-state index >= 15 is 0 Å². The molecule has 0 spiro atoms. The number of carbonyl (C=O) groups excluding carboxylic acids is 8. The summed E-state index contributed by atoms with van der Waals surface area (Å²) in [6, 6.07) is 14.1. The smallest absolute Gasteiger partial charge is 0.326 e. The molecule has 72 heavy (non-hydrogen) atoms. The number of nitrogens with zero attached hydrogens (tertiary/aromatic N) is 2. The standard InChI is InChI=1S/C48H57N11O13/c49-23-39(61)51-25-40(62)54-35(21-31-24-50-27-53-31)45(68)55-33(18-28-8-3-1-4-9-28)43(66)52-26-41(63)59-17-7-12-38(59)47(70)57-34(19-29-10-5-2-6-11-29)44(67)56-36(22-42(64)65)46(69)58-37(48(71)72)20-30-13-15-32(60)16-14-30/h1-6,8-11,13-16,24,27,33-38,60H,7,12,17-23,25-26,49H2,(H,50,53)(H,51,61)(H,52,66)(H,54,62)(H,55,68)(H,56,67)(H,57,70)(H,58,69)(H,64,65)(H,71,72)/t33-,34-,35-,36-,37-,38-/m0/s1. The Morgan fingerprint density at radius 3 is 1.74 bits per heavy atom. The van der Waals surface area contributed by atoms with Crippen molar-refractivity contribution in [1.29, 1.82) is 0 Å². The lowest BCUT2D eigenvalue weighted by molar-refractivity contribution is -0.143. The van der Waals surface area contributed by atoms with Crippen LogP contribution in [0.3, 0.4) is 0 Å². The lowest BCUT2D eigenvalue weighted by atomic mass is 10.0. The van der Waals surface area contributed by atoms with Crippen LogP contribution in [0.2, 0.25) is 0 Å². The number of benzene rings is 3. The number of carbonyl (C=O) groups is 10. The number of carboxylic acids is 2. The van der Waals surface area contributed by atoms with Crippen LogP contribution in [0.4, 0.5) is 0 Å². The fraction of sp³-hybridized carbons (Fsp3) is 0.354. The maximum absolute atomic E-state index is 14.1. The molecule has 1 aromatic heterocycles. The number of likely N-dealkylation sites (tertiary alicyclic amines) is 1. The first-order valence-electron chi connectivity index (χ1n) is 22.8. The summed E-state index contributed by atoms with van der Waals surface area (Å²) in [7, 11) is 0. The molecule has 13 N–H and O–H groups in total. The molecule has 3 aromatic carbocycles. The Bertz CT molecular complexity index is 2530. The lowest BCUT2D eigenvalue weighted by Gasteiger charge is -2.28. The molecule has 2 heterocycles. The molecule has 1 fully saturated rings. The highest BCUT2D eigenvalue weighted by atomic mass is 16.4. The van der Waals surface area contributed by atoms with Gasteiger partial charge in [-0.05, 0) is 41.7 Å². The molecule has 0 aliphatic carbocycles. The van der Waals surface area contributed by atoms with Gasteiger partial charge in [0.05, 0.1) is 32.4 Å². The second-order valence-corrected chi connectivity index (χ2v) is 16.8. The summed E-state index contributed by atoms with van der Waals surface area (Å²) in [6.07, 6.45) is 1.84. The molecule has 1 aliphatic heterocycles.